The highest BCUT2D eigenvalue weighted by Gasteiger charge is 2.11. The predicted molar refractivity (Wildman–Crippen MR) is 80.8 cm³/mol. The van der Waals surface area contributed by atoms with Crippen LogP contribution >= 0.6 is 0 Å². The van der Waals surface area contributed by atoms with Crippen LogP contribution in [0.2, 0.25) is 0 Å². The molecule has 0 aliphatic heterocycles. The quantitative estimate of drug-likeness (QED) is 0.790. The van der Waals surface area contributed by atoms with E-state index in [0.29, 0.717) is 11.6 Å². The Balaban J connectivity index is 2.33. The summed E-state index contributed by atoms with van der Waals surface area (Å²) in [5.41, 5.74) is 9.05. The molecule has 0 saturated heterocycles. The minimum atomic E-state index is 0.475. The highest BCUT2D eigenvalue weighted by molar-refractivity contribution is 5.56. The van der Waals surface area contributed by atoms with Crippen molar-refractivity contribution >= 4 is 5.69 Å². The average molecular weight is 255 g/mol. The Morgan fingerprint density at radius 1 is 1.11 bits per heavy atom. The summed E-state index contributed by atoms with van der Waals surface area (Å²) in [5.74, 6) is 2.09. The molecule has 100 valence electrons. The molecule has 0 aliphatic carbocycles. The van der Waals surface area contributed by atoms with E-state index in [1.807, 2.05) is 43.3 Å². The Bertz CT molecular complexity index is 563. The molecular weight excluding hydrogens is 234 g/mol. The Kier molecular flexibility index (Phi) is 4.10. The lowest BCUT2D eigenvalue weighted by atomic mass is 9.98. The van der Waals surface area contributed by atoms with Gasteiger partial charge in [-0.1, -0.05) is 38.1 Å². The SMILES string of the molecule is CCC(C)c1ccccc1Oc1ccc(C)cc1N. The van der Waals surface area contributed by atoms with Gasteiger partial charge in [-0.05, 0) is 48.6 Å². The van der Waals surface area contributed by atoms with Crippen LogP contribution in [0.25, 0.3) is 0 Å². The maximum Gasteiger partial charge on any atom is 0.150 e. The molecule has 0 spiro atoms. The fourth-order valence-electron chi connectivity index (χ4n) is 2.08. The van der Waals surface area contributed by atoms with Crippen LogP contribution in [0.4, 0.5) is 5.69 Å². The second-order valence-corrected chi connectivity index (χ2v) is 4.99. The van der Waals surface area contributed by atoms with Crippen molar-refractivity contribution < 1.29 is 4.74 Å². The standard InChI is InChI=1S/C17H21NO/c1-4-13(3)14-7-5-6-8-16(14)19-17-10-9-12(2)11-15(17)18/h5-11,13H,4,18H2,1-3H3. The molecule has 2 aromatic carbocycles. The number of anilines is 1. The Morgan fingerprint density at radius 2 is 1.84 bits per heavy atom. The van der Waals surface area contributed by atoms with E-state index in [9.17, 15) is 0 Å². The van der Waals surface area contributed by atoms with Crippen LogP contribution in [0.15, 0.2) is 42.5 Å². The highest BCUT2D eigenvalue weighted by Crippen LogP contribution is 2.34. The third kappa shape index (κ3) is 3.08. The molecule has 2 aromatic rings. The number of ether oxygens (including phenoxy) is 1. The van der Waals surface area contributed by atoms with Gasteiger partial charge in [0, 0.05) is 0 Å². The summed E-state index contributed by atoms with van der Waals surface area (Å²) in [6, 6.07) is 14.0. The van der Waals surface area contributed by atoms with Crippen LogP contribution in [0.3, 0.4) is 0 Å². The smallest absolute Gasteiger partial charge is 0.150 e. The fraction of sp³-hybridized carbons (Fsp3) is 0.294. The minimum absolute atomic E-state index is 0.475. The minimum Gasteiger partial charge on any atom is -0.455 e. The third-order valence-electron chi connectivity index (χ3n) is 3.45. The zero-order valence-electron chi connectivity index (χ0n) is 11.8. The Hall–Kier alpha value is -1.96. The highest BCUT2D eigenvalue weighted by atomic mass is 16.5. The van der Waals surface area contributed by atoms with E-state index in [1.165, 1.54) is 5.56 Å². The van der Waals surface area contributed by atoms with Gasteiger partial charge in [0.1, 0.15) is 11.5 Å². The molecule has 0 heterocycles. The zero-order valence-corrected chi connectivity index (χ0v) is 11.8. The molecule has 1 unspecified atom stereocenters. The largest absolute Gasteiger partial charge is 0.455 e. The van der Waals surface area contributed by atoms with Gasteiger partial charge in [-0.25, -0.2) is 0 Å². The first-order valence-corrected chi connectivity index (χ1v) is 6.74. The van der Waals surface area contributed by atoms with Crippen LogP contribution in [-0.2, 0) is 0 Å². The van der Waals surface area contributed by atoms with Crippen molar-refractivity contribution in [1.29, 1.82) is 0 Å². The van der Waals surface area contributed by atoms with Crippen molar-refractivity contribution in [2.45, 2.75) is 33.1 Å². The molecule has 19 heavy (non-hydrogen) atoms. The first-order valence-electron chi connectivity index (χ1n) is 6.74. The number of hydrogen-bond donors (Lipinski definition) is 1. The number of para-hydroxylation sites is 1. The summed E-state index contributed by atoms with van der Waals surface area (Å²) in [4.78, 5) is 0. The van der Waals surface area contributed by atoms with Gasteiger partial charge >= 0.3 is 0 Å². The second kappa shape index (κ2) is 5.79. The first-order chi connectivity index (χ1) is 9.11. The molecule has 0 saturated carbocycles. The van der Waals surface area contributed by atoms with Gasteiger partial charge in [0.05, 0.1) is 5.69 Å². The molecule has 0 aliphatic rings. The number of hydrogen-bond acceptors (Lipinski definition) is 2. The molecular formula is C17H21NO. The van der Waals surface area contributed by atoms with Crippen LogP contribution in [0, 0.1) is 6.92 Å². The lowest BCUT2D eigenvalue weighted by Gasteiger charge is -2.16. The lowest BCUT2D eigenvalue weighted by molar-refractivity contribution is 0.472. The van der Waals surface area contributed by atoms with Gasteiger partial charge in [-0.15, -0.1) is 0 Å². The number of nitrogens with two attached hydrogens (primary N) is 1. The van der Waals surface area contributed by atoms with E-state index in [4.69, 9.17) is 10.5 Å². The van der Waals surface area contributed by atoms with E-state index in [0.717, 1.165) is 23.5 Å². The third-order valence-corrected chi connectivity index (χ3v) is 3.45. The summed E-state index contributed by atoms with van der Waals surface area (Å²) in [5, 5.41) is 0. The maximum absolute atomic E-state index is 6.00. The van der Waals surface area contributed by atoms with Crippen LogP contribution in [0.1, 0.15) is 37.3 Å². The number of aryl methyl sites for hydroxylation is 1. The molecule has 2 N–H and O–H groups in total. The summed E-state index contributed by atoms with van der Waals surface area (Å²) in [7, 11) is 0. The Morgan fingerprint density at radius 3 is 2.53 bits per heavy atom. The summed E-state index contributed by atoms with van der Waals surface area (Å²) in [6.07, 6.45) is 1.09. The van der Waals surface area contributed by atoms with E-state index < -0.39 is 0 Å². The molecule has 0 aromatic heterocycles. The molecule has 2 rings (SSSR count). The molecule has 1 atom stereocenters. The van der Waals surface area contributed by atoms with E-state index in [2.05, 4.69) is 19.9 Å². The molecule has 0 bridgehead atoms. The normalized spacial score (nSPS) is 12.2. The predicted octanol–water partition coefficient (Wildman–Crippen LogP) is 4.88. The van der Waals surface area contributed by atoms with Gasteiger partial charge in [0.25, 0.3) is 0 Å². The fourth-order valence-corrected chi connectivity index (χ4v) is 2.08. The average Bonchev–Trinajstić information content (AvgIpc) is 2.41. The van der Waals surface area contributed by atoms with Crippen molar-refractivity contribution in [1.82, 2.24) is 0 Å². The lowest BCUT2D eigenvalue weighted by Crippen LogP contribution is -1.98. The zero-order chi connectivity index (χ0) is 13.8. The van der Waals surface area contributed by atoms with Crippen molar-refractivity contribution in [3.05, 3.63) is 53.6 Å². The van der Waals surface area contributed by atoms with Crippen molar-refractivity contribution in [3.63, 3.8) is 0 Å². The molecule has 2 heteroatoms. The van der Waals surface area contributed by atoms with E-state index in [-0.39, 0.29) is 0 Å². The number of benzene rings is 2. The monoisotopic (exact) mass is 255 g/mol. The summed E-state index contributed by atoms with van der Waals surface area (Å²) in [6.45, 7) is 6.41. The second-order valence-electron chi connectivity index (χ2n) is 4.99. The first kappa shape index (κ1) is 13.5. The Labute approximate surface area is 115 Å². The van der Waals surface area contributed by atoms with Gasteiger partial charge in [0.15, 0.2) is 0 Å². The molecule has 0 radical (unpaired) electrons. The molecule has 2 nitrogen and oxygen atoms in total. The van der Waals surface area contributed by atoms with Gasteiger partial charge in [0.2, 0.25) is 0 Å². The van der Waals surface area contributed by atoms with Crippen molar-refractivity contribution in [2.24, 2.45) is 0 Å². The number of rotatable bonds is 4. The van der Waals surface area contributed by atoms with Gasteiger partial charge in [-0.3, -0.25) is 0 Å². The van der Waals surface area contributed by atoms with Gasteiger partial charge < -0.3 is 10.5 Å². The van der Waals surface area contributed by atoms with E-state index in [1.54, 1.807) is 0 Å². The molecule has 0 fully saturated rings. The van der Waals surface area contributed by atoms with Crippen LogP contribution in [-0.4, -0.2) is 0 Å². The van der Waals surface area contributed by atoms with Crippen LogP contribution in [0.5, 0.6) is 11.5 Å². The van der Waals surface area contributed by atoms with E-state index >= 15 is 0 Å². The van der Waals surface area contributed by atoms with Gasteiger partial charge in [-0.2, -0.15) is 0 Å². The summed E-state index contributed by atoms with van der Waals surface area (Å²) < 4.78 is 5.99. The summed E-state index contributed by atoms with van der Waals surface area (Å²) >= 11 is 0. The number of nitrogen functional groups attached to an aromatic ring is 1. The maximum atomic E-state index is 6.00. The topological polar surface area (TPSA) is 35.2 Å². The van der Waals surface area contributed by atoms with Crippen LogP contribution < -0.4 is 10.5 Å². The van der Waals surface area contributed by atoms with Crippen molar-refractivity contribution in [3.8, 4) is 11.5 Å². The van der Waals surface area contributed by atoms with Crippen molar-refractivity contribution in [2.75, 3.05) is 5.73 Å². The molecule has 0 amide bonds.